The number of carboxylic acid groups (broad SMARTS) is 1. The van der Waals surface area contributed by atoms with E-state index >= 15 is 0 Å². The van der Waals surface area contributed by atoms with Crippen LogP contribution in [0.25, 0.3) is 0 Å². The number of rotatable bonds is 2. The molecule has 0 aromatic carbocycles. The van der Waals surface area contributed by atoms with Crippen molar-refractivity contribution >= 4 is 34.8 Å². The molecule has 1 fully saturated rings. The smallest absolute Gasteiger partial charge is 0.308 e. The Bertz CT molecular complexity index is 474. The van der Waals surface area contributed by atoms with Crippen molar-refractivity contribution in [1.29, 1.82) is 0 Å². The monoisotopic (exact) mass is 287 g/mol. The third-order valence-electron chi connectivity index (χ3n) is 3.08. The van der Waals surface area contributed by atoms with Crippen LogP contribution in [0.3, 0.4) is 0 Å². The molecule has 2 rings (SSSR count). The topological polar surface area (TPSA) is 57.6 Å². The van der Waals surface area contributed by atoms with Gasteiger partial charge in [0.2, 0.25) is 0 Å². The van der Waals surface area contributed by atoms with Crippen LogP contribution in [0.15, 0.2) is 12.1 Å². The van der Waals surface area contributed by atoms with Crippen LogP contribution in [0.2, 0.25) is 4.34 Å². The van der Waals surface area contributed by atoms with Gasteiger partial charge in [0.1, 0.15) is 0 Å². The van der Waals surface area contributed by atoms with Gasteiger partial charge in [-0.1, -0.05) is 18.5 Å². The highest BCUT2D eigenvalue weighted by Gasteiger charge is 2.32. The van der Waals surface area contributed by atoms with Crippen molar-refractivity contribution < 1.29 is 14.7 Å². The van der Waals surface area contributed by atoms with Gasteiger partial charge in [-0.3, -0.25) is 9.59 Å². The van der Waals surface area contributed by atoms with Crippen molar-refractivity contribution in [3.63, 3.8) is 0 Å². The highest BCUT2D eigenvalue weighted by atomic mass is 35.5. The molecule has 2 unspecified atom stereocenters. The van der Waals surface area contributed by atoms with Gasteiger partial charge < -0.3 is 10.0 Å². The molecule has 1 N–H and O–H groups in total. The third kappa shape index (κ3) is 2.84. The zero-order valence-corrected chi connectivity index (χ0v) is 11.5. The summed E-state index contributed by atoms with van der Waals surface area (Å²) in [6, 6.07) is 3.37. The number of nitrogens with zero attached hydrogens (tertiary/aromatic N) is 1. The molecule has 1 saturated heterocycles. The Morgan fingerprint density at radius 1 is 1.44 bits per heavy atom. The standard InChI is InChI=1S/C12H14ClNO3S/c1-7-4-8(12(16)17)6-14(5-7)11(15)9-2-3-10(13)18-9/h2-3,7-8H,4-6H2,1H3,(H,16,17). The summed E-state index contributed by atoms with van der Waals surface area (Å²) in [6.45, 7) is 2.86. The largest absolute Gasteiger partial charge is 0.481 e. The summed E-state index contributed by atoms with van der Waals surface area (Å²) in [7, 11) is 0. The summed E-state index contributed by atoms with van der Waals surface area (Å²) < 4.78 is 0.568. The number of carbonyl (C=O) groups excluding carboxylic acids is 1. The van der Waals surface area contributed by atoms with E-state index in [1.54, 1.807) is 17.0 Å². The quantitative estimate of drug-likeness (QED) is 0.909. The maximum Gasteiger partial charge on any atom is 0.308 e. The molecule has 2 atom stereocenters. The van der Waals surface area contributed by atoms with Gasteiger partial charge in [0.25, 0.3) is 5.91 Å². The summed E-state index contributed by atoms with van der Waals surface area (Å²) in [6.07, 6.45) is 0.629. The maximum absolute atomic E-state index is 12.2. The number of halogens is 1. The second kappa shape index (κ2) is 5.28. The fourth-order valence-electron chi connectivity index (χ4n) is 2.28. The average Bonchev–Trinajstić information content (AvgIpc) is 2.74. The number of piperidine rings is 1. The van der Waals surface area contributed by atoms with Crippen molar-refractivity contribution in [3.05, 3.63) is 21.3 Å². The maximum atomic E-state index is 12.2. The van der Waals surface area contributed by atoms with Crippen molar-refractivity contribution in [2.75, 3.05) is 13.1 Å². The van der Waals surface area contributed by atoms with Gasteiger partial charge in [-0.05, 0) is 24.5 Å². The number of likely N-dealkylation sites (tertiary alicyclic amines) is 1. The second-order valence-electron chi connectivity index (χ2n) is 4.69. The van der Waals surface area contributed by atoms with Crippen LogP contribution < -0.4 is 0 Å². The number of aliphatic carboxylic acids is 1. The zero-order chi connectivity index (χ0) is 13.3. The molecule has 1 aliphatic heterocycles. The molecule has 0 bridgehead atoms. The van der Waals surface area contributed by atoms with Gasteiger partial charge in [-0.15, -0.1) is 11.3 Å². The Balaban J connectivity index is 2.12. The SMILES string of the molecule is CC1CC(C(=O)O)CN(C(=O)c2ccc(Cl)s2)C1. The third-order valence-corrected chi connectivity index (χ3v) is 4.30. The lowest BCUT2D eigenvalue weighted by molar-refractivity contribution is -0.143. The number of amides is 1. The van der Waals surface area contributed by atoms with E-state index in [2.05, 4.69) is 0 Å². The number of carbonyl (C=O) groups is 2. The molecule has 2 heterocycles. The average molecular weight is 288 g/mol. The molecule has 98 valence electrons. The van der Waals surface area contributed by atoms with Crippen LogP contribution >= 0.6 is 22.9 Å². The fraction of sp³-hybridized carbons (Fsp3) is 0.500. The first-order valence-corrected chi connectivity index (χ1v) is 6.94. The van der Waals surface area contributed by atoms with Crippen LogP contribution in [-0.4, -0.2) is 35.0 Å². The molecular weight excluding hydrogens is 274 g/mol. The van der Waals surface area contributed by atoms with Crippen molar-refractivity contribution in [2.24, 2.45) is 11.8 Å². The lowest BCUT2D eigenvalue weighted by Crippen LogP contribution is -2.45. The van der Waals surface area contributed by atoms with Gasteiger partial charge >= 0.3 is 5.97 Å². The Labute approximate surface area is 114 Å². The molecule has 18 heavy (non-hydrogen) atoms. The molecule has 4 nitrogen and oxygen atoms in total. The highest BCUT2D eigenvalue weighted by molar-refractivity contribution is 7.17. The summed E-state index contributed by atoms with van der Waals surface area (Å²) >= 11 is 7.03. The van der Waals surface area contributed by atoms with E-state index in [1.165, 1.54) is 11.3 Å². The van der Waals surface area contributed by atoms with E-state index in [1.807, 2.05) is 6.92 Å². The molecule has 1 aromatic rings. The van der Waals surface area contributed by atoms with Gasteiger partial charge in [0.15, 0.2) is 0 Å². The normalized spacial score (nSPS) is 24.0. The lowest BCUT2D eigenvalue weighted by atomic mass is 9.90. The van der Waals surface area contributed by atoms with E-state index < -0.39 is 11.9 Å². The highest BCUT2D eigenvalue weighted by Crippen LogP contribution is 2.27. The number of carboxylic acids is 1. The first-order valence-electron chi connectivity index (χ1n) is 5.74. The molecule has 1 aromatic heterocycles. The Morgan fingerprint density at radius 3 is 2.72 bits per heavy atom. The van der Waals surface area contributed by atoms with Gasteiger partial charge in [0, 0.05) is 13.1 Å². The summed E-state index contributed by atoms with van der Waals surface area (Å²) in [5, 5.41) is 9.07. The van der Waals surface area contributed by atoms with E-state index in [9.17, 15) is 9.59 Å². The van der Waals surface area contributed by atoms with E-state index in [0.29, 0.717) is 22.2 Å². The van der Waals surface area contributed by atoms with Crippen LogP contribution in [-0.2, 0) is 4.79 Å². The molecular formula is C12H14ClNO3S. The van der Waals surface area contributed by atoms with Gasteiger partial charge in [-0.25, -0.2) is 0 Å². The molecule has 0 aliphatic carbocycles. The molecule has 6 heteroatoms. The van der Waals surface area contributed by atoms with E-state index in [-0.39, 0.29) is 18.4 Å². The van der Waals surface area contributed by atoms with Crippen LogP contribution in [0, 0.1) is 11.8 Å². The summed E-state index contributed by atoms with van der Waals surface area (Å²) in [5.41, 5.74) is 0. The Kier molecular flexibility index (Phi) is 3.92. The molecule has 1 aliphatic rings. The minimum absolute atomic E-state index is 0.121. The minimum atomic E-state index is -0.830. The Morgan fingerprint density at radius 2 is 2.17 bits per heavy atom. The zero-order valence-electron chi connectivity index (χ0n) is 9.93. The fourth-order valence-corrected chi connectivity index (χ4v) is 3.29. The summed E-state index contributed by atoms with van der Waals surface area (Å²) in [4.78, 5) is 25.5. The van der Waals surface area contributed by atoms with Crippen molar-refractivity contribution in [3.8, 4) is 0 Å². The van der Waals surface area contributed by atoms with E-state index in [0.717, 1.165) is 0 Å². The molecule has 0 saturated carbocycles. The minimum Gasteiger partial charge on any atom is -0.481 e. The molecule has 0 spiro atoms. The first kappa shape index (κ1) is 13.4. The molecule has 0 radical (unpaired) electrons. The van der Waals surface area contributed by atoms with Gasteiger partial charge in [-0.2, -0.15) is 0 Å². The predicted octanol–water partition coefficient (Wildman–Crippen LogP) is 2.58. The second-order valence-corrected chi connectivity index (χ2v) is 6.41. The lowest BCUT2D eigenvalue weighted by Gasteiger charge is -2.34. The van der Waals surface area contributed by atoms with Crippen LogP contribution in [0.1, 0.15) is 23.0 Å². The predicted molar refractivity (Wildman–Crippen MR) is 70.1 cm³/mol. The van der Waals surface area contributed by atoms with Crippen LogP contribution in [0.5, 0.6) is 0 Å². The summed E-state index contributed by atoms with van der Waals surface area (Å²) in [5.74, 6) is -1.21. The number of thiophene rings is 1. The molecule has 1 amide bonds. The van der Waals surface area contributed by atoms with E-state index in [4.69, 9.17) is 16.7 Å². The number of hydrogen-bond acceptors (Lipinski definition) is 3. The van der Waals surface area contributed by atoms with Gasteiger partial charge in [0.05, 0.1) is 15.1 Å². The van der Waals surface area contributed by atoms with Crippen LogP contribution in [0.4, 0.5) is 0 Å². The first-order chi connectivity index (χ1) is 8.47. The Hall–Kier alpha value is -1.07. The van der Waals surface area contributed by atoms with Crippen molar-refractivity contribution in [2.45, 2.75) is 13.3 Å². The van der Waals surface area contributed by atoms with Crippen molar-refractivity contribution in [1.82, 2.24) is 4.90 Å². The number of hydrogen-bond donors (Lipinski definition) is 1.